The molecule has 2 aliphatic heterocycles. The van der Waals surface area contributed by atoms with Crippen molar-refractivity contribution in [1.29, 1.82) is 0 Å². The van der Waals surface area contributed by atoms with E-state index < -0.39 is 0 Å². The van der Waals surface area contributed by atoms with Gasteiger partial charge in [-0.3, -0.25) is 0 Å². The highest BCUT2D eigenvalue weighted by molar-refractivity contribution is 7.80. The topological polar surface area (TPSA) is 62.3 Å². The van der Waals surface area contributed by atoms with Gasteiger partial charge >= 0.3 is 0 Å². The van der Waals surface area contributed by atoms with E-state index in [0.29, 0.717) is 28.0 Å². The van der Waals surface area contributed by atoms with Crippen LogP contribution in [0.5, 0.6) is 0 Å². The van der Waals surface area contributed by atoms with E-state index in [1.807, 2.05) is 12.1 Å². The van der Waals surface area contributed by atoms with Gasteiger partial charge in [0.1, 0.15) is 11.0 Å². The second-order valence-corrected chi connectivity index (χ2v) is 10.1. The van der Waals surface area contributed by atoms with E-state index in [4.69, 9.17) is 33.5 Å². The van der Waals surface area contributed by atoms with Crippen molar-refractivity contribution in [3.8, 4) is 0 Å². The molecule has 0 spiro atoms. The number of nitrogens with zero attached hydrogens (tertiary/aromatic N) is 3. The number of nitrogens with one attached hydrogen (secondary N) is 2. The zero-order valence-electron chi connectivity index (χ0n) is 18.8. The molecule has 2 fully saturated rings. The summed E-state index contributed by atoms with van der Waals surface area (Å²) in [4.78, 5) is 11.3. The molecule has 2 saturated heterocycles. The van der Waals surface area contributed by atoms with Gasteiger partial charge < -0.3 is 20.3 Å². The van der Waals surface area contributed by atoms with Crippen LogP contribution < -0.4 is 15.5 Å². The molecule has 32 heavy (non-hydrogen) atoms. The minimum Gasteiger partial charge on any atom is -0.381 e. The first-order valence-electron chi connectivity index (χ1n) is 11.4. The minimum absolute atomic E-state index is 0.00826. The van der Waals surface area contributed by atoms with E-state index in [1.54, 1.807) is 0 Å². The Labute approximate surface area is 201 Å². The highest BCUT2D eigenvalue weighted by Gasteiger charge is 2.34. The second kappa shape index (κ2) is 10.3. The van der Waals surface area contributed by atoms with Crippen LogP contribution in [0.2, 0.25) is 5.15 Å². The Morgan fingerprint density at radius 3 is 2.53 bits per heavy atom. The highest BCUT2D eigenvalue weighted by atomic mass is 35.5. The smallest absolute Gasteiger partial charge is 0.232 e. The molecule has 0 aliphatic carbocycles. The lowest BCUT2D eigenvalue weighted by Gasteiger charge is -2.38. The van der Waals surface area contributed by atoms with Gasteiger partial charge in [-0.25, -0.2) is 4.98 Å². The fraction of sp³-hybridized carbons (Fsp3) is 0.542. The van der Waals surface area contributed by atoms with Gasteiger partial charge in [-0.1, -0.05) is 55.8 Å². The molecule has 8 heteroatoms. The van der Waals surface area contributed by atoms with Crippen molar-refractivity contribution in [2.45, 2.75) is 38.5 Å². The summed E-state index contributed by atoms with van der Waals surface area (Å²) in [6.07, 6.45) is 3.15. The van der Waals surface area contributed by atoms with E-state index in [2.05, 4.69) is 58.6 Å². The minimum atomic E-state index is -0.00826. The summed E-state index contributed by atoms with van der Waals surface area (Å²) in [6.45, 7) is 8.74. The van der Waals surface area contributed by atoms with Crippen LogP contribution in [-0.2, 0) is 10.2 Å². The monoisotopic (exact) mass is 473 g/mol. The van der Waals surface area contributed by atoms with E-state index in [1.165, 1.54) is 12.0 Å². The van der Waals surface area contributed by atoms with Crippen molar-refractivity contribution in [2.24, 2.45) is 11.8 Å². The molecule has 2 atom stereocenters. The van der Waals surface area contributed by atoms with Gasteiger partial charge in [0.05, 0.1) is 0 Å². The Morgan fingerprint density at radius 1 is 1.16 bits per heavy atom. The van der Waals surface area contributed by atoms with Crippen LogP contribution in [0.3, 0.4) is 0 Å². The molecule has 2 aromatic rings. The van der Waals surface area contributed by atoms with Crippen molar-refractivity contribution in [2.75, 3.05) is 43.1 Å². The summed E-state index contributed by atoms with van der Waals surface area (Å²) in [5, 5.41) is 7.46. The second-order valence-electron chi connectivity index (χ2n) is 9.29. The Bertz CT molecular complexity index is 912. The number of anilines is 2. The maximum absolute atomic E-state index is 6.33. The average molecular weight is 474 g/mol. The maximum Gasteiger partial charge on any atom is 0.232 e. The summed E-state index contributed by atoms with van der Waals surface area (Å²) in [5.41, 5.74) is 1.30. The van der Waals surface area contributed by atoms with Crippen LogP contribution in [0, 0.1) is 11.8 Å². The molecule has 1 aromatic heterocycles. The Balaban J connectivity index is 1.43. The summed E-state index contributed by atoms with van der Waals surface area (Å²) >= 11 is 11.9. The molecule has 6 nitrogen and oxygen atoms in total. The molecule has 2 aliphatic rings. The van der Waals surface area contributed by atoms with Crippen molar-refractivity contribution in [3.63, 3.8) is 0 Å². The normalized spacial score (nSPS) is 22.9. The predicted octanol–water partition coefficient (Wildman–Crippen LogP) is 4.65. The van der Waals surface area contributed by atoms with Crippen molar-refractivity contribution in [3.05, 3.63) is 47.1 Å². The SMILES string of the molecule is C[C@@H]1C[C@H](C)CN(c2cc(Cl)nc(NC(=S)NCC3(c4ccccc4)CCOCC3)n2)C1. The Hall–Kier alpha value is -1.96. The average Bonchev–Trinajstić information content (AvgIpc) is 2.78. The molecule has 1 aromatic carbocycles. The molecule has 0 saturated carbocycles. The zero-order valence-corrected chi connectivity index (χ0v) is 20.4. The maximum atomic E-state index is 6.33. The van der Waals surface area contributed by atoms with Gasteiger partial charge in [0.2, 0.25) is 5.95 Å². The number of ether oxygens (including phenoxy) is 1. The Kier molecular flexibility index (Phi) is 7.48. The van der Waals surface area contributed by atoms with Gasteiger partial charge in [-0.05, 0) is 48.9 Å². The molecular formula is C24H32ClN5OS. The van der Waals surface area contributed by atoms with E-state index in [9.17, 15) is 0 Å². The number of rotatable bonds is 5. The summed E-state index contributed by atoms with van der Waals surface area (Å²) < 4.78 is 5.63. The van der Waals surface area contributed by atoms with Gasteiger partial charge in [0.25, 0.3) is 0 Å². The molecule has 3 heterocycles. The van der Waals surface area contributed by atoms with E-state index >= 15 is 0 Å². The third kappa shape index (κ3) is 5.69. The number of thiocarbonyl (C=S) groups is 1. The first-order chi connectivity index (χ1) is 15.4. The number of halogens is 1. The summed E-state index contributed by atoms with van der Waals surface area (Å²) in [6, 6.07) is 12.4. The van der Waals surface area contributed by atoms with Gasteiger partial charge in [0.15, 0.2) is 5.11 Å². The highest BCUT2D eigenvalue weighted by Crippen LogP contribution is 2.34. The van der Waals surface area contributed by atoms with Gasteiger partial charge in [-0.15, -0.1) is 0 Å². The van der Waals surface area contributed by atoms with Crippen LogP contribution in [0.1, 0.15) is 38.7 Å². The number of hydrogen-bond acceptors (Lipinski definition) is 5. The molecular weight excluding hydrogens is 442 g/mol. The molecule has 0 unspecified atom stereocenters. The lowest BCUT2D eigenvalue weighted by Crippen LogP contribution is -2.45. The fourth-order valence-corrected chi connectivity index (χ4v) is 5.33. The van der Waals surface area contributed by atoms with E-state index in [-0.39, 0.29) is 5.41 Å². The van der Waals surface area contributed by atoms with Crippen LogP contribution in [0.15, 0.2) is 36.4 Å². The number of benzene rings is 1. The Morgan fingerprint density at radius 2 is 1.84 bits per heavy atom. The van der Waals surface area contributed by atoms with E-state index in [0.717, 1.165) is 51.5 Å². The molecule has 4 rings (SSSR count). The summed E-state index contributed by atoms with van der Waals surface area (Å²) in [7, 11) is 0. The predicted molar refractivity (Wildman–Crippen MR) is 135 cm³/mol. The van der Waals surface area contributed by atoms with Crippen LogP contribution in [0.25, 0.3) is 0 Å². The standard InChI is InChI=1S/C24H32ClN5OS/c1-17-12-18(2)15-30(14-17)21-13-20(25)27-22(28-21)29-23(32)26-16-24(8-10-31-11-9-24)19-6-4-3-5-7-19/h3-7,13,17-18H,8-12,14-16H2,1-2H3,(H2,26,27,28,29,32)/t17-,18+. The van der Waals surface area contributed by atoms with Crippen LogP contribution in [0.4, 0.5) is 11.8 Å². The molecule has 0 bridgehead atoms. The quantitative estimate of drug-likeness (QED) is 0.484. The largest absolute Gasteiger partial charge is 0.381 e. The van der Waals surface area contributed by atoms with Crippen molar-refractivity contribution < 1.29 is 4.74 Å². The molecule has 0 amide bonds. The fourth-order valence-electron chi connectivity index (χ4n) is 4.99. The van der Waals surface area contributed by atoms with Crippen LogP contribution in [-0.4, -0.2) is 47.9 Å². The molecule has 0 radical (unpaired) electrons. The first-order valence-corrected chi connectivity index (χ1v) is 12.2. The third-order valence-corrected chi connectivity index (χ3v) is 6.96. The first kappa shape index (κ1) is 23.2. The van der Waals surface area contributed by atoms with Crippen LogP contribution >= 0.6 is 23.8 Å². The zero-order chi connectivity index (χ0) is 22.6. The lowest BCUT2D eigenvalue weighted by molar-refractivity contribution is 0.0515. The van der Waals surface area contributed by atoms with Gasteiger partial charge in [0, 0.05) is 44.3 Å². The third-order valence-electron chi connectivity index (χ3n) is 6.52. The molecule has 2 N–H and O–H groups in total. The number of aromatic nitrogens is 2. The van der Waals surface area contributed by atoms with Gasteiger partial charge in [-0.2, -0.15) is 4.98 Å². The number of piperidine rings is 1. The van der Waals surface area contributed by atoms with Crippen molar-refractivity contribution >= 4 is 40.7 Å². The molecule has 172 valence electrons. The number of hydrogen-bond donors (Lipinski definition) is 2. The lowest BCUT2D eigenvalue weighted by atomic mass is 9.74. The summed E-state index contributed by atoms with van der Waals surface area (Å²) in [5.74, 6) is 2.52. The van der Waals surface area contributed by atoms with Crippen molar-refractivity contribution in [1.82, 2.24) is 15.3 Å².